The molecule has 0 radical (unpaired) electrons. The van der Waals surface area contributed by atoms with Crippen LogP contribution < -0.4 is 9.46 Å². The zero-order chi connectivity index (χ0) is 20.3. The van der Waals surface area contributed by atoms with E-state index in [1.807, 2.05) is 6.92 Å². The van der Waals surface area contributed by atoms with Crippen LogP contribution in [-0.2, 0) is 14.8 Å². The molecule has 1 N–H and O–H groups in total. The van der Waals surface area contributed by atoms with E-state index in [1.165, 1.54) is 4.52 Å². The van der Waals surface area contributed by atoms with Gasteiger partial charge in [0.15, 0.2) is 0 Å². The molecule has 0 bridgehead atoms. The van der Waals surface area contributed by atoms with Crippen molar-refractivity contribution in [2.24, 2.45) is 0 Å². The predicted molar refractivity (Wildman–Crippen MR) is 105 cm³/mol. The van der Waals surface area contributed by atoms with E-state index in [0.717, 1.165) is 0 Å². The summed E-state index contributed by atoms with van der Waals surface area (Å²) >= 11 is 6.19. The molecule has 0 atom stereocenters. The number of hydrogen-bond acceptors (Lipinski definition) is 7. The molecule has 0 unspecified atom stereocenters. The van der Waals surface area contributed by atoms with Crippen molar-refractivity contribution < 1.29 is 17.9 Å². The normalized spacial score (nSPS) is 11.7. The Morgan fingerprint density at radius 2 is 2.00 bits per heavy atom. The van der Waals surface area contributed by atoms with Gasteiger partial charge in [-0.15, -0.1) is 5.10 Å². The molecule has 28 heavy (non-hydrogen) atoms. The van der Waals surface area contributed by atoms with Crippen LogP contribution in [0.3, 0.4) is 0 Å². The van der Waals surface area contributed by atoms with Gasteiger partial charge in [-0.25, -0.2) is 9.50 Å². The molecule has 0 amide bonds. The number of nitrogens with one attached hydrogen (secondary N) is 1. The average molecular weight is 426 g/mol. The van der Waals surface area contributed by atoms with Gasteiger partial charge < -0.3 is 9.47 Å². The van der Waals surface area contributed by atoms with E-state index in [1.54, 1.807) is 38.1 Å². The molecule has 2 heterocycles. The van der Waals surface area contributed by atoms with Crippen molar-refractivity contribution in [3.8, 4) is 5.75 Å². The molecule has 3 aromatic rings. The summed E-state index contributed by atoms with van der Waals surface area (Å²) in [6, 6.07) is 6.61. The van der Waals surface area contributed by atoms with Gasteiger partial charge >= 0.3 is 0 Å². The summed E-state index contributed by atoms with van der Waals surface area (Å²) < 4.78 is 40.3. The number of nitrogens with zero attached hydrogens (tertiary/aromatic N) is 4. The van der Waals surface area contributed by atoms with Gasteiger partial charge in [-0.1, -0.05) is 17.7 Å². The van der Waals surface area contributed by atoms with Gasteiger partial charge in [0, 0.05) is 18.0 Å². The van der Waals surface area contributed by atoms with Crippen LogP contribution in [0.5, 0.6) is 5.75 Å². The van der Waals surface area contributed by atoms with Gasteiger partial charge in [0.05, 0.1) is 11.6 Å². The van der Waals surface area contributed by atoms with Gasteiger partial charge in [0.1, 0.15) is 18.0 Å². The van der Waals surface area contributed by atoms with E-state index in [0.29, 0.717) is 24.6 Å². The number of benzene rings is 1. The minimum absolute atomic E-state index is 0.111. The van der Waals surface area contributed by atoms with E-state index in [2.05, 4.69) is 19.8 Å². The first-order chi connectivity index (χ1) is 13.3. The monoisotopic (exact) mass is 425 g/mol. The second-order valence-corrected chi connectivity index (χ2v) is 7.89. The minimum Gasteiger partial charge on any atom is -0.489 e. The molecule has 9 nitrogen and oxygen atoms in total. The summed E-state index contributed by atoms with van der Waals surface area (Å²) in [5.41, 5.74) is 1.54. The zero-order valence-electron chi connectivity index (χ0n) is 15.6. The lowest BCUT2D eigenvalue weighted by atomic mass is 10.3. The summed E-state index contributed by atoms with van der Waals surface area (Å²) in [5.74, 6) is 0.481. The van der Waals surface area contributed by atoms with Crippen LogP contribution in [0.4, 0.5) is 5.69 Å². The minimum atomic E-state index is -4.11. The van der Waals surface area contributed by atoms with Crippen LogP contribution in [-0.4, -0.2) is 47.8 Å². The second-order valence-electron chi connectivity index (χ2n) is 5.91. The van der Waals surface area contributed by atoms with Gasteiger partial charge in [-0.2, -0.15) is 13.4 Å². The molecule has 0 aliphatic rings. The lowest BCUT2D eigenvalue weighted by Crippen LogP contribution is -2.16. The number of sulfonamides is 1. The quantitative estimate of drug-likeness (QED) is 0.552. The first-order valence-electron chi connectivity index (χ1n) is 8.54. The molecule has 11 heteroatoms. The van der Waals surface area contributed by atoms with Gasteiger partial charge in [-0.3, -0.25) is 4.72 Å². The number of aromatic nitrogens is 4. The molecule has 0 aliphatic carbocycles. The molecular weight excluding hydrogens is 406 g/mol. The summed E-state index contributed by atoms with van der Waals surface area (Å²) in [6.45, 7) is 6.64. The van der Waals surface area contributed by atoms with Crippen molar-refractivity contribution in [1.29, 1.82) is 0 Å². The van der Waals surface area contributed by atoms with E-state index >= 15 is 0 Å². The first kappa shape index (κ1) is 20.3. The molecule has 150 valence electrons. The maximum absolute atomic E-state index is 12.8. The molecular formula is C17H20ClN5O4S. The van der Waals surface area contributed by atoms with Crippen LogP contribution in [0.1, 0.15) is 18.3 Å². The topological polar surface area (TPSA) is 108 Å². The maximum atomic E-state index is 12.8. The Bertz CT molecular complexity index is 1100. The summed E-state index contributed by atoms with van der Waals surface area (Å²) in [4.78, 5) is 8.24. The predicted octanol–water partition coefficient (Wildman–Crippen LogP) is 2.61. The number of fused-ring (bicyclic) bond motifs is 1. The maximum Gasteiger partial charge on any atom is 0.299 e. The zero-order valence-corrected chi connectivity index (χ0v) is 17.2. The Morgan fingerprint density at radius 3 is 2.75 bits per heavy atom. The lowest BCUT2D eigenvalue weighted by molar-refractivity contribution is 0.110. The Morgan fingerprint density at radius 1 is 1.21 bits per heavy atom. The third-order valence-electron chi connectivity index (χ3n) is 3.74. The highest BCUT2D eigenvalue weighted by atomic mass is 35.5. The Balaban J connectivity index is 1.91. The summed E-state index contributed by atoms with van der Waals surface area (Å²) in [5, 5.41) is 3.83. The number of anilines is 1. The Labute approximate surface area is 167 Å². The SMILES string of the molecule is CCOCCOc1cccc(Cl)c1NS(=O)(=O)c1nc2nc(C)cc(C)n2n1. The van der Waals surface area contributed by atoms with Gasteiger partial charge in [0.2, 0.25) is 0 Å². The van der Waals surface area contributed by atoms with Crippen molar-refractivity contribution >= 4 is 33.1 Å². The van der Waals surface area contributed by atoms with Gasteiger partial charge in [0.25, 0.3) is 21.0 Å². The molecule has 0 saturated heterocycles. The number of hydrogen-bond donors (Lipinski definition) is 1. The van der Waals surface area contributed by atoms with Crippen molar-refractivity contribution in [1.82, 2.24) is 19.6 Å². The molecule has 0 fully saturated rings. The number of ether oxygens (including phenoxy) is 2. The number of aryl methyl sites for hydroxylation is 2. The van der Waals surface area contributed by atoms with Crippen LogP contribution in [0, 0.1) is 13.8 Å². The third-order valence-corrected chi connectivity index (χ3v) is 5.18. The standard InChI is InChI=1S/C17H20ClN5O4S/c1-4-26-8-9-27-14-7-5-6-13(18)15(14)22-28(24,25)17-20-16-19-11(2)10-12(3)23(16)21-17/h5-7,10,22H,4,8-9H2,1-3H3. The fourth-order valence-electron chi connectivity index (χ4n) is 2.52. The van der Waals surface area contributed by atoms with Crippen LogP contribution >= 0.6 is 11.6 Å². The number of para-hydroxylation sites is 1. The fourth-order valence-corrected chi connectivity index (χ4v) is 3.75. The van der Waals surface area contributed by atoms with E-state index in [4.69, 9.17) is 21.1 Å². The largest absolute Gasteiger partial charge is 0.489 e. The molecule has 0 aliphatic heterocycles. The molecule has 2 aromatic heterocycles. The van der Waals surface area contributed by atoms with E-state index < -0.39 is 15.2 Å². The van der Waals surface area contributed by atoms with Gasteiger partial charge in [-0.05, 0) is 39.0 Å². The van der Waals surface area contributed by atoms with Crippen molar-refractivity contribution in [3.05, 3.63) is 40.7 Å². The lowest BCUT2D eigenvalue weighted by Gasteiger charge is -2.14. The molecule has 0 saturated carbocycles. The Hall–Kier alpha value is -2.43. The van der Waals surface area contributed by atoms with Crippen LogP contribution in [0.25, 0.3) is 5.78 Å². The Kier molecular flexibility index (Phi) is 6.01. The van der Waals surface area contributed by atoms with E-state index in [-0.39, 0.29) is 28.8 Å². The van der Waals surface area contributed by atoms with Crippen LogP contribution in [0.2, 0.25) is 5.02 Å². The number of halogens is 1. The highest BCUT2D eigenvalue weighted by Gasteiger charge is 2.24. The second kappa shape index (κ2) is 8.29. The highest BCUT2D eigenvalue weighted by molar-refractivity contribution is 7.92. The van der Waals surface area contributed by atoms with E-state index in [9.17, 15) is 8.42 Å². The fraction of sp³-hybridized carbons (Fsp3) is 0.353. The first-order valence-corrected chi connectivity index (χ1v) is 10.4. The van der Waals surface area contributed by atoms with Crippen molar-refractivity contribution in [3.63, 3.8) is 0 Å². The summed E-state index contributed by atoms with van der Waals surface area (Å²) in [6.07, 6.45) is 0. The van der Waals surface area contributed by atoms with Crippen molar-refractivity contribution in [2.75, 3.05) is 24.5 Å². The third kappa shape index (κ3) is 4.34. The summed E-state index contributed by atoms with van der Waals surface area (Å²) in [7, 11) is -4.11. The smallest absolute Gasteiger partial charge is 0.299 e. The molecule has 0 spiro atoms. The highest BCUT2D eigenvalue weighted by Crippen LogP contribution is 2.33. The number of rotatable bonds is 8. The van der Waals surface area contributed by atoms with Crippen molar-refractivity contribution in [2.45, 2.75) is 25.9 Å². The molecule has 3 rings (SSSR count). The molecule has 1 aromatic carbocycles. The average Bonchev–Trinajstić information content (AvgIpc) is 3.06. The van der Waals surface area contributed by atoms with Crippen LogP contribution in [0.15, 0.2) is 29.4 Å².